The molecule has 0 aromatic heterocycles. The molecule has 448 valence electrons. The standard InChI is InChI=1S/C62H117NO13/c1-3-5-7-9-11-13-15-17-19-20-21-22-23-24-25-26-27-28-29-30-32-33-35-37-39-41-43-45-51(66)50(63-54(67)46-44-42-40-38-36-34-31-18-16-14-12-10-8-6-4-2)49-73-61-59(72)57(70)60(53(48-65)75-61)76-62-58(71)56(69)55(68)52(47-64)74-62/h18,31,43,45,50-53,55-62,64-66,68-72H,3-17,19-30,32-42,44,46-49H2,1-2H3,(H,63,67)/b31-18-,45-43+. The second kappa shape index (κ2) is 48.2. The highest BCUT2D eigenvalue weighted by Gasteiger charge is 2.51. The number of nitrogens with one attached hydrogen (secondary N) is 1. The first-order chi connectivity index (χ1) is 37.1. The summed E-state index contributed by atoms with van der Waals surface area (Å²) < 4.78 is 22.8. The van der Waals surface area contributed by atoms with E-state index in [9.17, 15) is 45.6 Å². The highest BCUT2D eigenvalue weighted by atomic mass is 16.7. The van der Waals surface area contributed by atoms with Crippen LogP contribution in [0.3, 0.4) is 0 Å². The molecule has 2 aliphatic heterocycles. The van der Waals surface area contributed by atoms with Crippen LogP contribution in [0.25, 0.3) is 0 Å². The number of ether oxygens (including phenoxy) is 4. The van der Waals surface area contributed by atoms with E-state index in [2.05, 4.69) is 31.3 Å². The van der Waals surface area contributed by atoms with E-state index in [0.29, 0.717) is 6.42 Å². The Morgan fingerprint density at radius 1 is 0.461 bits per heavy atom. The highest BCUT2D eigenvalue weighted by molar-refractivity contribution is 5.76. The molecule has 2 rings (SSSR count). The summed E-state index contributed by atoms with van der Waals surface area (Å²) in [5.74, 6) is -0.245. The van der Waals surface area contributed by atoms with E-state index < -0.39 is 86.8 Å². The molecule has 2 fully saturated rings. The van der Waals surface area contributed by atoms with Crippen LogP contribution in [-0.4, -0.2) is 140 Å². The van der Waals surface area contributed by atoms with Gasteiger partial charge in [-0.15, -0.1) is 0 Å². The number of carbonyl (C=O) groups is 1. The summed E-state index contributed by atoms with van der Waals surface area (Å²) in [6.45, 7) is 2.81. The molecule has 1 amide bonds. The molecule has 0 radical (unpaired) electrons. The number of amides is 1. The van der Waals surface area contributed by atoms with Crippen molar-refractivity contribution in [3.63, 3.8) is 0 Å². The molecule has 76 heavy (non-hydrogen) atoms. The number of carbonyl (C=O) groups excluding carboxylic acids is 1. The molecular formula is C62H117NO13. The molecule has 12 unspecified atom stereocenters. The molecule has 2 saturated heterocycles. The second-order valence-corrected chi connectivity index (χ2v) is 22.5. The van der Waals surface area contributed by atoms with Crippen LogP contribution in [0.1, 0.15) is 271 Å². The number of aliphatic hydroxyl groups is 8. The minimum atomic E-state index is -1.79. The van der Waals surface area contributed by atoms with Gasteiger partial charge in [0.05, 0.1) is 32.0 Å². The fourth-order valence-electron chi connectivity index (χ4n) is 10.5. The summed E-state index contributed by atoms with van der Waals surface area (Å²) in [5.41, 5.74) is 0. The molecule has 2 aliphatic rings. The number of hydrogen-bond donors (Lipinski definition) is 9. The van der Waals surface area contributed by atoms with Gasteiger partial charge in [-0.1, -0.05) is 244 Å². The Kier molecular flexibility index (Phi) is 44.8. The van der Waals surface area contributed by atoms with Gasteiger partial charge in [0.2, 0.25) is 5.91 Å². The normalized spacial score (nSPS) is 25.0. The third-order valence-corrected chi connectivity index (χ3v) is 15.6. The summed E-state index contributed by atoms with van der Waals surface area (Å²) in [6, 6.07) is -0.917. The summed E-state index contributed by atoms with van der Waals surface area (Å²) in [6.07, 6.45) is 40.8. The Morgan fingerprint density at radius 3 is 1.25 bits per heavy atom. The third kappa shape index (κ3) is 33.3. The van der Waals surface area contributed by atoms with E-state index in [4.69, 9.17) is 18.9 Å². The van der Waals surface area contributed by atoms with Gasteiger partial charge < -0.3 is 65.1 Å². The number of rotatable bonds is 51. The maximum absolute atomic E-state index is 13.2. The molecule has 0 spiro atoms. The first-order valence-electron chi connectivity index (χ1n) is 31.6. The summed E-state index contributed by atoms with van der Waals surface area (Å²) >= 11 is 0. The lowest BCUT2D eigenvalue weighted by Gasteiger charge is -2.46. The van der Waals surface area contributed by atoms with E-state index in [1.807, 2.05) is 6.08 Å². The van der Waals surface area contributed by atoms with Crippen LogP contribution in [-0.2, 0) is 23.7 Å². The zero-order valence-corrected chi connectivity index (χ0v) is 48.3. The van der Waals surface area contributed by atoms with Gasteiger partial charge >= 0.3 is 0 Å². The number of hydrogen-bond acceptors (Lipinski definition) is 13. The minimum absolute atomic E-state index is 0.245. The average molecular weight is 1080 g/mol. The minimum Gasteiger partial charge on any atom is -0.394 e. The average Bonchev–Trinajstić information content (AvgIpc) is 3.42. The van der Waals surface area contributed by atoms with Crippen LogP contribution in [0.5, 0.6) is 0 Å². The molecule has 0 aromatic carbocycles. The first-order valence-corrected chi connectivity index (χ1v) is 31.6. The molecule has 9 N–H and O–H groups in total. The van der Waals surface area contributed by atoms with Gasteiger partial charge in [0.1, 0.15) is 48.8 Å². The van der Waals surface area contributed by atoms with Crippen LogP contribution >= 0.6 is 0 Å². The molecule has 14 nitrogen and oxygen atoms in total. The molecule has 0 aromatic rings. The van der Waals surface area contributed by atoms with Crippen molar-refractivity contribution in [1.82, 2.24) is 5.32 Å². The van der Waals surface area contributed by atoms with Crippen molar-refractivity contribution in [3.8, 4) is 0 Å². The van der Waals surface area contributed by atoms with E-state index in [1.165, 1.54) is 186 Å². The quantitative estimate of drug-likeness (QED) is 0.0204. The maximum Gasteiger partial charge on any atom is 0.220 e. The first kappa shape index (κ1) is 70.6. The molecule has 0 bridgehead atoms. The van der Waals surface area contributed by atoms with Gasteiger partial charge in [0, 0.05) is 6.42 Å². The second-order valence-electron chi connectivity index (χ2n) is 22.5. The number of unbranched alkanes of at least 4 members (excludes halogenated alkanes) is 36. The van der Waals surface area contributed by atoms with Crippen molar-refractivity contribution in [2.24, 2.45) is 0 Å². The lowest BCUT2D eigenvalue weighted by molar-refractivity contribution is -0.359. The van der Waals surface area contributed by atoms with E-state index in [-0.39, 0.29) is 18.9 Å². The molecule has 0 aliphatic carbocycles. The summed E-state index contributed by atoms with van der Waals surface area (Å²) in [7, 11) is 0. The Bertz CT molecular complexity index is 1370. The van der Waals surface area contributed by atoms with Crippen molar-refractivity contribution in [2.75, 3.05) is 19.8 Å². The van der Waals surface area contributed by atoms with Gasteiger partial charge in [-0.3, -0.25) is 4.79 Å². The van der Waals surface area contributed by atoms with Gasteiger partial charge in [-0.25, -0.2) is 0 Å². The predicted molar refractivity (Wildman–Crippen MR) is 305 cm³/mol. The number of allylic oxidation sites excluding steroid dienone is 3. The monoisotopic (exact) mass is 1080 g/mol. The molecule has 14 heteroatoms. The smallest absolute Gasteiger partial charge is 0.220 e. The largest absolute Gasteiger partial charge is 0.394 e. The topological polar surface area (TPSA) is 228 Å². The zero-order valence-electron chi connectivity index (χ0n) is 48.3. The van der Waals surface area contributed by atoms with Crippen molar-refractivity contribution in [2.45, 2.75) is 344 Å². The van der Waals surface area contributed by atoms with Crippen LogP contribution < -0.4 is 5.32 Å². The van der Waals surface area contributed by atoms with E-state index in [0.717, 1.165) is 57.8 Å². The van der Waals surface area contributed by atoms with Crippen LogP contribution in [0, 0.1) is 0 Å². The van der Waals surface area contributed by atoms with Gasteiger partial charge in [0.25, 0.3) is 0 Å². The Labute approximate surface area is 462 Å². The fraction of sp³-hybridized carbons (Fsp3) is 0.919. The maximum atomic E-state index is 13.2. The lowest BCUT2D eigenvalue weighted by atomic mass is 9.97. The molecule has 12 atom stereocenters. The van der Waals surface area contributed by atoms with Crippen LogP contribution in [0.4, 0.5) is 0 Å². The molecule has 0 saturated carbocycles. The SMILES string of the molecule is CCCCCCCC/C=C\CCCCCCCC(=O)NC(COC1OC(CO)C(OC2OC(CO)C(O)C(O)C2O)C(O)C1O)C(O)/C=C/CCCCCCCCCCCCCCCCCCCCCCCCCCC. The molecule has 2 heterocycles. The summed E-state index contributed by atoms with van der Waals surface area (Å²) in [4.78, 5) is 13.2. The third-order valence-electron chi connectivity index (χ3n) is 15.6. The zero-order chi connectivity index (χ0) is 55.3. The Morgan fingerprint density at radius 2 is 0.829 bits per heavy atom. The van der Waals surface area contributed by atoms with Gasteiger partial charge in [-0.2, -0.15) is 0 Å². The van der Waals surface area contributed by atoms with E-state index in [1.54, 1.807) is 6.08 Å². The summed E-state index contributed by atoms with van der Waals surface area (Å²) in [5, 5.41) is 87.1. The number of aliphatic hydroxyl groups excluding tert-OH is 8. The van der Waals surface area contributed by atoms with Crippen molar-refractivity contribution >= 4 is 5.91 Å². The van der Waals surface area contributed by atoms with Crippen LogP contribution in [0.2, 0.25) is 0 Å². The van der Waals surface area contributed by atoms with Crippen molar-refractivity contribution < 1.29 is 64.6 Å². The fourth-order valence-corrected chi connectivity index (χ4v) is 10.5. The molecular weight excluding hydrogens is 967 g/mol. The highest BCUT2D eigenvalue weighted by Crippen LogP contribution is 2.30. The van der Waals surface area contributed by atoms with E-state index >= 15 is 0 Å². The lowest BCUT2D eigenvalue weighted by Crippen LogP contribution is -2.65. The van der Waals surface area contributed by atoms with Gasteiger partial charge in [0.15, 0.2) is 12.6 Å². The predicted octanol–water partition coefficient (Wildman–Crippen LogP) is 11.2. The van der Waals surface area contributed by atoms with Crippen molar-refractivity contribution in [1.29, 1.82) is 0 Å². The Hall–Kier alpha value is -1.53. The van der Waals surface area contributed by atoms with Crippen molar-refractivity contribution in [3.05, 3.63) is 24.3 Å². The van der Waals surface area contributed by atoms with Crippen LogP contribution in [0.15, 0.2) is 24.3 Å². The van der Waals surface area contributed by atoms with Gasteiger partial charge in [-0.05, 0) is 44.9 Å². The Balaban J connectivity index is 1.71.